The van der Waals surface area contributed by atoms with Gasteiger partial charge >= 0.3 is 0 Å². The summed E-state index contributed by atoms with van der Waals surface area (Å²) in [4.78, 5) is 0. The van der Waals surface area contributed by atoms with Crippen molar-refractivity contribution in [1.29, 1.82) is 0 Å². The number of aliphatic hydroxyl groups is 8. The van der Waals surface area contributed by atoms with Gasteiger partial charge in [-0.2, -0.15) is 0 Å². The Morgan fingerprint density at radius 2 is 1.38 bits per heavy atom. The molecule has 316 valence electrons. The van der Waals surface area contributed by atoms with Crippen LogP contribution in [0.2, 0.25) is 0 Å². The topological polar surface area (TPSA) is 208 Å². The van der Waals surface area contributed by atoms with Gasteiger partial charge in [0.05, 0.1) is 43.2 Å². The van der Waals surface area contributed by atoms with Gasteiger partial charge in [0, 0.05) is 5.92 Å². The van der Waals surface area contributed by atoms with Gasteiger partial charge < -0.3 is 64.5 Å². The van der Waals surface area contributed by atoms with Crippen LogP contribution >= 0.6 is 0 Å². The number of aliphatic hydroxyl groups excluding tert-OH is 8. The fraction of sp³-hybridized carbons (Fsp3) is 1.00. The molecule has 3 aliphatic heterocycles. The molecule has 13 nitrogen and oxygen atoms in total. The van der Waals surface area contributed by atoms with Crippen molar-refractivity contribution in [2.24, 2.45) is 50.2 Å². The van der Waals surface area contributed by atoms with Crippen LogP contribution in [0.3, 0.4) is 0 Å². The van der Waals surface area contributed by atoms with E-state index < -0.39 is 91.2 Å². The molecule has 0 radical (unpaired) electrons. The lowest BCUT2D eigenvalue weighted by atomic mass is 9.41. The average molecular weight is 783 g/mol. The van der Waals surface area contributed by atoms with Gasteiger partial charge in [-0.3, -0.25) is 0 Å². The highest BCUT2D eigenvalue weighted by Crippen LogP contribution is 2.89. The lowest BCUT2D eigenvalue weighted by Crippen LogP contribution is -2.65. The maximum atomic E-state index is 12.3. The van der Waals surface area contributed by atoms with E-state index in [-0.39, 0.29) is 57.5 Å². The average Bonchev–Trinajstić information content (AvgIpc) is 3.47. The first-order chi connectivity index (χ1) is 25.5. The predicted molar refractivity (Wildman–Crippen MR) is 197 cm³/mol. The first-order valence-corrected chi connectivity index (χ1v) is 21.1. The van der Waals surface area contributed by atoms with Crippen LogP contribution in [0.5, 0.6) is 0 Å². The van der Waals surface area contributed by atoms with E-state index in [0.29, 0.717) is 19.3 Å². The van der Waals surface area contributed by atoms with Gasteiger partial charge in [0.1, 0.15) is 42.7 Å². The summed E-state index contributed by atoms with van der Waals surface area (Å²) >= 11 is 0. The first kappa shape index (κ1) is 41.2. The van der Waals surface area contributed by atoms with Crippen molar-refractivity contribution < 1.29 is 64.5 Å². The summed E-state index contributed by atoms with van der Waals surface area (Å²) in [5.74, 6) is -0.0263. The lowest BCUT2D eigenvalue weighted by Gasteiger charge is -2.65. The Kier molecular flexibility index (Phi) is 9.92. The second kappa shape index (κ2) is 13.2. The highest BCUT2D eigenvalue weighted by molar-refractivity contribution is 5.33. The minimum atomic E-state index is -1.58. The molecule has 8 fully saturated rings. The maximum Gasteiger partial charge on any atom is 0.186 e. The Bertz CT molecular complexity index is 1450. The fourth-order valence-corrected chi connectivity index (χ4v) is 15.0. The van der Waals surface area contributed by atoms with Gasteiger partial charge in [0.2, 0.25) is 0 Å². The molecule has 55 heavy (non-hydrogen) atoms. The van der Waals surface area contributed by atoms with Crippen molar-refractivity contribution >= 4 is 0 Å². The molecule has 0 bridgehead atoms. The highest BCUT2D eigenvalue weighted by Gasteiger charge is 2.85. The molecule has 0 aromatic rings. The van der Waals surface area contributed by atoms with Crippen molar-refractivity contribution in [3.05, 3.63) is 0 Å². The van der Waals surface area contributed by atoms with Crippen molar-refractivity contribution in [2.45, 2.75) is 199 Å². The Hall–Kier alpha value is -0.520. The molecular formula is C42H70O13. The largest absolute Gasteiger partial charge is 0.394 e. The SMILES string of the molecule is CC(C)(C)C1CC[C@](C)(C2[C@@H](O)C[C@@]3(C)C4C[C@H](OC5OC(CO)C(O)C(O)C5O)C5C(C)(C)[C@@H](OC6OCC(O)C(O)C6O)CCC56CC46CC[C@]23C)O1. The summed E-state index contributed by atoms with van der Waals surface area (Å²) in [6.45, 7) is 17.3. The number of ether oxygens (including phenoxy) is 5. The predicted octanol–water partition coefficient (Wildman–Crippen LogP) is 2.00. The summed E-state index contributed by atoms with van der Waals surface area (Å²) in [5, 5.41) is 86.4. The van der Waals surface area contributed by atoms with Gasteiger partial charge in [-0.25, -0.2) is 0 Å². The smallest absolute Gasteiger partial charge is 0.186 e. The normalized spacial score (nSPS) is 58.7. The molecule has 2 spiro atoms. The van der Waals surface area contributed by atoms with Crippen LogP contribution < -0.4 is 0 Å². The Morgan fingerprint density at radius 3 is 2.04 bits per heavy atom. The summed E-state index contributed by atoms with van der Waals surface area (Å²) in [6, 6.07) is 0. The zero-order valence-corrected chi connectivity index (χ0v) is 34.1. The quantitative estimate of drug-likeness (QED) is 0.182. The van der Waals surface area contributed by atoms with Gasteiger partial charge in [-0.15, -0.1) is 0 Å². The van der Waals surface area contributed by atoms with E-state index >= 15 is 0 Å². The second-order valence-electron chi connectivity index (χ2n) is 21.8. The third-order valence-electron chi connectivity index (χ3n) is 17.8. The molecule has 0 aromatic carbocycles. The highest BCUT2D eigenvalue weighted by atomic mass is 16.7. The zero-order valence-electron chi connectivity index (χ0n) is 34.1. The van der Waals surface area contributed by atoms with Crippen molar-refractivity contribution in [3.63, 3.8) is 0 Å². The molecule has 21 atom stereocenters. The molecule has 0 amide bonds. The van der Waals surface area contributed by atoms with Crippen LogP contribution in [0.1, 0.15) is 113 Å². The van der Waals surface area contributed by atoms with Gasteiger partial charge in [-0.1, -0.05) is 48.5 Å². The Balaban J connectivity index is 1.15. The summed E-state index contributed by atoms with van der Waals surface area (Å²) in [6.07, 6.45) is -6.05. The molecule has 8 aliphatic rings. The van der Waals surface area contributed by atoms with Crippen LogP contribution in [0.4, 0.5) is 0 Å². The van der Waals surface area contributed by atoms with Crippen molar-refractivity contribution in [3.8, 4) is 0 Å². The number of hydrogen-bond donors (Lipinski definition) is 8. The Labute approximate surface area is 326 Å². The third-order valence-corrected chi connectivity index (χ3v) is 17.8. The minimum Gasteiger partial charge on any atom is -0.394 e. The Morgan fingerprint density at radius 1 is 0.691 bits per heavy atom. The second-order valence-corrected chi connectivity index (χ2v) is 21.8. The number of rotatable bonds is 6. The monoisotopic (exact) mass is 782 g/mol. The molecular weight excluding hydrogens is 712 g/mol. The minimum absolute atomic E-state index is 0.00644. The molecule has 3 saturated heterocycles. The molecule has 3 heterocycles. The van der Waals surface area contributed by atoms with Crippen LogP contribution in [-0.4, -0.2) is 139 Å². The molecule has 5 aliphatic carbocycles. The van der Waals surface area contributed by atoms with E-state index in [2.05, 4.69) is 55.4 Å². The van der Waals surface area contributed by atoms with Gasteiger partial charge in [0.25, 0.3) is 0 Å². The fourth-order valence-electron chi connectivity index (χ4n) is 15.0. The van der Waals surface area contributed by atoms with Gasteiger partial charge in [-0.05, 0) is 109 Å². The van der Waals surface area contributed by atoms with Gasteiger partial charge in [0.15, 0.2) is 12.6 Å². The van der Waals surface area contributed by atoms with E-state index in [1.54, 1.807) is 0 Å². The van der Waals surface area contributed by atoms with Crippen molar-refractivity contribution in [1.82, 2.24) is 0 Å². The van der Waals surface area contributed by atoms with E-state index in [1.807, 2.05) is 0 Å². The van der Waals surface area contributed by atoms with E-state index in [0.717, 1.165) is 38.5 Å². The standard InChI is InChI=1S/C42H70O13/c1-36(2,3)25-9-11-40(8,55-25)32-20(44)16-39(7)24-15-22(52-35-31(50)29(48)28(47)23(17-43)53-35)33-37(4,5)26(54-34-30(49)27(46)21(45)18-51-34)10-12-42(33)19-41(24,42)14-13-38(32,39)6/h20-35,43-50H,9-19H2,1-8H3/t20-,21?,22-,23?,24?,25?,26-,27?,28?,29?,30?,31?,32?,33?,34?,35?,38+,39-,40+,41?,42?/m0/s1. The molecule has 8 rings (SSSR count). The van der Waals surface area contributed by atoms with Crippen LogP contribution in [-0.2, 0) is 23.7 Å². The first-order valence-electron chi connectivity index (χ1n) is 21.1. The third kappa shape index (κ3) is 5.72. The summed E-state index contributed by atoms with van der Waals surface area (Å²) in [5.41, 5.74) is -1.75. The summed E-state index contributed by atoms with van der Waals surface area (Å²) < 4.78 is 32.2. The molecule has 5 saturated carbocycles. The molecule has 8 N–H and O–H groups in total. The van der Waals surface area contributed by atoms with E-state index in [4.69, 9.17) is 23.7 Å². The van der Waals surface area contributed by atoms with Crippen LogP contribution in [0.25, 0.3) is 0 Å². The van der Waals surface area contributed by atoms with Crippen molar-refractivity contribution in [2.75, 3.05) is 13.2 Å². The lowest BCUT2D eigenvalue weighted by molar-refractivity contribution is -0.339. The van der Waals surface area contributed by atoms with E-state index in [1.165, 1.54) is 0 Å². The molecule has 0 aromatic heterocycles. The maximum absolute atomic E-state index is 12.3. The molecule has 13 heteroatoms. The number of fused-ring (bicyclic) bond motifs is 2. The van der Waals surface area contributed by atoms with Crippen LogP contribution in [0, 0.1) is 50.2 Å². The number of hydrogen-bond acceptors (Lipinski definition) is 13. The van der Waals surface area contributed by atoms with E-state index in [9.17, 15) is 40.9 Å². The summed E-state index contributed by atoms with van der Waals surface area (Å²) in [7, 11) is 0. The molecule has 15 unspecified atom stereocenters. The zero-order chi connectivity index (χ0) is 40.1. The van der Waals surface area contributed by atoms with Crippen LogP contribution in [0.15, 0.2) is 0 Å².